The Hall–Kier alpha value is -0.880. The van der Waals surface area contributed by atoms with Crippen LogP contribution < -0.4 is 0 Å². The third-order valence-electron chi connectivity index (χ3n) is 5.84. The zero-order chi connectivity index (χ0) is 24.1. The van der Waals surface area contributed by atoms with E-state index in [-0.39, 0.29) is 0 Å². The molecule has 0 atom stereocenters. The van der Waals surface area contributed by atoms with Crippen molar-refractivity contribution < 1.29 is 31.5 Å². The van der Waals surface area contributed by atoms with Crippen molar-refractivity contribution >= 4 is 5.97 Å². The molecular weight excluding hydrogens is 427 g/mol. The first-order valence-electron chi connectivity index (χ1n) is 12.8. The number of carbonyl (C=O) groups is 1. The predicted octanol–water partition coefficient (Wildman–Crippen LogP) is 9.55. The first-order valence-corrected chi connectivity index (χ1v) is 12.8. The molecular formula is C25H45F5O2. The lowest BCUT2D eigenvalue weighted by molar-refractivity contribution is -0.280. The summed E-state index contributed by atoms with van der Waals surface area (Å²) in [4.78, 5) is 10.8. The highest BCUT2D eigenvalue weighted by atomic mass is 19.4. The van der Waals surface area contributed by atoms with Crippen LogP contribution >= 0.6 is 0 Å². The highest BCUT2D eigenvalue weighted by molar-refractivity contribution is 5.78. The Morgan fingerprint density at radius 3 is 1.09 bits per heavy atom. The van der Waals surface area contributed by atoms with Crippen LogP contribution in [0.25, 0.3) is 0 Å². The van der Waals surface area contributed by atoms with Gasteiger partial charge in [0, 0.05) is 0 Å². The second kappa shape index (κ2) is 19.6. The van der Waals surface area contributed by atoms with Gasteiger partial charge in [-0.1, -0.05) is 129 Å². The molecule has 0 spiro atoms. The summed E-state index contributed by atoms with van der Waals surface area (Å²) < 4.78 is 65.4. The molecule has 0 bridgehead atoms. The molecule has 0 saturated carbocycles. The molecule has 192 valence electrons. The van der Waals surface area contributed by atoms with Crippen molar-refractivity contribution in [2.45, 2.75) is 147 Å². The second-order valence-electron chi connectivity index (χ2n) is 8.93. The topological polar surface area (TPSA) is 26.3 Å². The molecule has 0 saturated heterocycles. The SMILES string of the molecule is CCCCCCCCCCCCCCCCCCCCCCOC(=O)C(F)(F)C(F)(F)F. The molecule has 0 aromatic heterocycles. The molecule has 0 N–H and O–H groups in total. The Balaban J connectivity index is 3.27. The number of hydrogen-bond donors (Lipinski definition) is 0. The van der Waals surface area contributed by atoms with Crippen LogP contribution in [0.15, 0.2) is 0 Å². The number of alkyl halides is 5. The third-order valence-corrected chi connectivity index (χ3v) is 5.84. The Bertz CT molecular complexity index is 439. The van der Waals surface area contributed by atoms with Crippen molar-refractivity contribution in [3.63, 3.8) is 0 Å². The van der Waals surface area contributed by atoms with Gasteiger partial charge in [0.15, 0.2) is 0 Å². The molecule has 7 heteroatoms. The van der Waals surface area contributed by atoms with Gasteiger partial charge in [0.1, 0.15) is 0 Å². The largest absolute Gasteiger partial charge is 0.465 e. The zero-order valence-corrected chi connectivity index (χ0v) is 20.1. The van der Waals surface area contributed by atoms with E-state index in [1.165, 1.54) is 96.3 Å². The van der Waals surface area contributed by atoms with Gasteiger partial charge in [0.05, 0.1) is 6.61 Å². The molecule has 32 heavy (non-hydrogen) atoms. The molecule has 0 aliphatic heterocycles. The second-order valence-corrected chi connectivity index (χ2v) is 8.93. The summed E-state index contributed by atoms with van der Waals surface area (Å²) in [5, 5.41) is 0. The minimum atomic E-state index is -5.91. The summed E-state index contributed by atoms with van der Waals surface area (Å²) in [6, 6.07) is 0. The number of halogens is 5. The molecule has 0 aliphatic rings. The van der Waals surface area contributed by atoms with Crippen molar-refractivity contribution in [3.05, 3.63) is 0 Å². The average molecular weight is 473 g/mol. The number of carbonyl (C=O) groups excluding carboxylic acids is 1. The van der Waals surface area contributed by atoms with Gasteiger partial charge in [0.2, 0.25) is 0 Å². The fourth-order valence-electron chi connectivity index (χ4n) is 3.73. The minimum absolute atomic E-state index is 0.304. The van der Waals surface area contributed by atoms with Crippen molar-refractivity contribution in [3.8, 4) is 0 Å². The summed E-state index contributed by atoms with van der Waals surface area (Å²) >= 11 is 0. The molecule has 0 amide bonds. The standard InChI is InChI=1S/C25H45F5O2/c1-2-3-4-5-6-7-8-9-10-11-12-13-14-15-16-17-18-19-20-21-22-32-23(31)24(26,27)25(28,29)30/h2-22H2,1H3. The number of esters is 1. The van der Waals surface area contributed by atoms with Crippen molar-refractivity contribution in [1.29, 1.82) is 0 Å². The van der Waals surface area contributed by atoms with Gasteiger partial charge >= 0.3 is 18.1 Å². The molecule has 0 aromatic carbocycles. The zero-order valence-electron chi connectivity index (χ0n) is 20.1. The lowest BCUT2D eigenvalue weighted by atomic mass is 10.0. The Kier molecular flexibility index (Phi) is 19.0. The normalized spacial score (nSPS) is 12.3. The number of ether oxygens (including phenoxy) is 1. The van der Waals surface area contributed by atoms with Crippen LogP contribution in [0.2, 0.25) is 0 Å². The van der Waals surface area contributed by atoms with E-state index < -0.39 is 24.7 Å². The number of hydrogen-bond acceptors (Lipinski definition) is 2. The molecule has 0 aromatic rings. The van der Waals surface area contributed by atoms with E-state index in [2.05, 4.69) is 11.7 Å². The van der Waals surface area contributed by atoms with E-state index in [0.717, 1.165) is 19.3 Å². The number of unbranched alkanes of at least 4 members (excludes halogenated alkanes) is 19. The van der Waals surface area contributed by atoms with Crippen molar-refractivity contribution in [2.75, 3.05) is 6.61 Å². The van der Waals surface area contributed by atoms with E-state index in [0.29, 0.717) is 12.8 Å². The van der Waals surface area contributed by atoms with Gasteiger partial charge in [-0.3, -0.25) is 0 Å². The highest BCUT2D eigenvalue weighted by Gasteiger charge is 2.64. The molecule has 0 rings (SSSR count). The van der Waals surface area contributed by atoms with Crippen molar-refractivity contribution in [1.82, 2.24) is 0 Å². The van der Waals surface area contributed by atoms with Gasteiger partial charge in [-0.05, 0) is 6.42 Å². The molecule has 0 aliphatic carbocycles. The Labute approximate surface area is 192 Å². The van der Waals surface area contributed by atoms with Crippen LogP contribution in [0.5, 0.6) is 0 Å². The maximum Gasteiger partial charge on any atom is 0.465 e. The quantitative estimate of drug-likeness (QED) is 0.0890. The Morgan fingerprint density at radius 2 is 0.812 bits per heavy atom. The maximum atomic E-state index is 12.7. The molecule has 0 radical (unpaired) electrons. The van der Waals surface area contributed by atoms with Gasteiger partial charge in [-0.2, -0.15) is 22.0 Å². The van der Waals surface area contributed by atoms with E-state index >= 15 is 0 Å². The van der Waals surface area contributed by atoms with Crippen LogP contribution in [-0.2, 0) is 9.53 Å². The van der Waals surface area contributed by atoms with Crippen LogP contribution in [0.3, 0.4) is 0 Å². The van der Waals surface area contributed by atoms with Gasteiger partial charge in [0.25, 0.3) is 0 Å². The van der Waals surface area contributed by atoms with Gasteiger partial charge in [-0.25, -0.2) is 4.79 Å². The molecule has 2 nitrogen and oxygen atoms in total. The first-order chi connectivity index (χ1) is 15.2. The molecule has 0 heterocycles. The van der Waals surface area contributed by atoms with Crippen LogP contribution in [-0.4, -0.2) is 24.7 Å². The van der Waals surface area contributed by atoms with Gasteiger partial charge < -0.3 is 4.74 Å². The molecule has 0 fully saturated rings. The first kappa shape index (κ1) is 31.1. The smallest absolute Gasteiger partial charge is 0.461 e. The monoisotopic (exact) mass is 472 g/mol. The summed E-state index contributed by atoms with van der Waals surface area (Å²) in [5.74, 6) is -7.94. The van der Waals surface area contributed by atoms with Crippen LogP contribution in [0.4, 0.5) is 22.0 Å². The summed E-state index contributed by atoms with van der Waals surface area (Å²) in [7, 11) is 0. The Morgan fingerprint density at radius 1 is 0.531 bits per heavy atom. The lowest BCUT2D eigenvalue weighted by Gasteiger charge is -2.17. The fraction of sp³-hybridized carbons (Fsp3) is 0.960. The van der Waals surface area contributed by atoms with E-state index in [1.54, 1.807) is 0 Å². The summed E-state index contributed by atoms with van der Waals surface area (Å²) in [6.07, 6.45) is 18.0. The summed E-state index contributed by atoms with van der Waals surface area (Å²) in [5.41, 5.74) is 0. The van der Waals surface area contributed by atoms with E-state index in [9.17, 15) is 26.7 Å². The van der Waals surface area contributed by atoms with Crippen LogP contribution in [0.1, 0.15) is 135 Å². The van der Waals surface area contributed by atoms with E-state index in [1.807, 2.05) is 0 Å². The summed E-state index contributed by atoms with van der Waals surface area (Å²) in [6.45, 7) is 1.85. The maximum absolute atomic E-state index is 12.7. The highest BCUT2D eigenvalue weighted by Crippen LogP contribution is 2.36. The minimum Gasteiger partial charge on any atom is -0.461 e. The fourth-order valence-corrected chi connectivity index (χ4v) is 3.73. The van der Waals surface area contributed by atoms with Gasteiger partial charge in [-0.15, -0.1) is 0 Å². The van der Waals surface area contributed by atoms with Crippen molar-refractivity contribution in [2.24, 2.45) is 0 Å². The third kappa shape index (κ3) is 16.7. The van der Waals surface area contributed by atoms with E-state index in [4.69, 9.17) is 0 Å². The van der Waals surface area contributed by atoms with Crippen LogP contribution in [0, 0.1) is 0 Å². The predicted molar refractivity (Wildman–Crippen MR) is 120 cm³/mol. The molecule has 0 unspecified atom stereocenters. The lowest BCUT2D eigenvalue weighted by Crippen LogP contribution is -2.45. The number of rotatable bonds is 22. The average Bonchev–Trinajstić information content (AvgIpc) is 2.73.